The average molecular weight is 357 g/mol. The standard InChI is InChI=1S/C11H5ClF4OS.2C2H6/c1-4(17)9-8(12)5-2-3-6(13)7(10(5)18-9)11(14,15)16;2*1-2/h2-3H,1H3;2*1-2H3. The molecule has 22 heavy (non-hydrogen) atoms. The summed E-state index contributed by atoms with van der Waals surface area (Å²) in [7, 11) is 0. The zero-order valence-electron chi connectivity index (χ0n) is 12.9. The van der Waals surface area contributed by atoms with Gasteiger partial charge in [-0.15, -0.1) is 11.3 Å². The number of rotatable bonds is 1. The summed E-state index contributed by atoms with van der Waals surface area (Å²) >= 11 is 6.38. The van der Waals surface area contributed by atoms with Crippen molar-refractivity contribution in [3.63, 3.8) is 0 Å². The van der Waals surface area contributed by atoms with Gasteiger partial charge in [0.1, 0.15) is 11.4 Å². The molecule has 0 aliphatic heterocycles. The van der Waals surface area contributed by atoms with Crippen LogP contribution in [-0.4, -0.2) is 5.78 Å². The smallest absolute Gasteiger partial charge is 0.294 e. The molecular formula is C15H17ClF4OS. The van der Waals surface area contributed by atoms with Crippen molar-refractivity contribution in [1.29, 1.82) is 0 Å². The van der Waals surface area contributed by atoms with Gasteiger partial charge in [0, 0.05) is 12.3 Å². The highest BCUT2D eigenvalue weighted by Gasteiger charge is 2.37. The quantitative estimate of drug-likeness (QED) is 0.398. The maximum Gasteiger partial charge on any atom is 0.420 e. The normalized spacial score (nSPS) is 10.5. The first-order valence-electron chi connectivity index (χ1n) is 6.72. The lowest BCUT2D eigenvalue weighted by molar-refractivity contribution is -0.138. The Morgan fingerprint density at radius 2 is 1.64 bits per heavy atom. The van der Waals surface area contributed by atoms with E-state index >= 15 is 0 Å². The molecule has 1 nitrogen and oxygen atoms in total. The van der Waals surface area contributed by atoms with Crippen LogP contribution in [0.15, 0.2) is 12.1 Å². The van der Waals surface area contributed by atoms with Crippen LogP contribution in [-0.2, 0) is 6.18 Å². The Morgan fingerprint density at radius 1 is 1.14 bits per heavy atom. The van der Waals surface area contributed by atoms with Gasteiger partial charge in [-0.25, -0.2) is 4.39 Å². The van der Waals surface area contributed by atoms with Gasteiger partial charge in [-0.05, 0) is 12.1 Å². The van der Waals surface area contributed by atoms with Crippen molar-refractivity contribution < 1.29 is 22.4 Å². The van der Waals surface area contributed by atoms with E-state index in [0.717, 1.165) is 6.07 Å². The number of Topliss-reactive ketones (excluding diaryl/α,β-unsaturated/α-hetero) is 1. The van der Waals surface area contributed by atoms with Crippen LogP contribution >= 0.6 is 22.9 Å². The molecule has 0 aliphatic rings. The van der Waals surface area contributed by atoms with E-state index in [1.54, 1.807) is 0 Å². The van der Waals surface area contributed by atoms with Crippen molar-refractivity contribution in [2.24, 2.45) is 0 Å². The van der Waals surface area contributed by atoms with E-state index < -0.39 is 23.3 Å². The summed E-state index contributed by atoms with van der Waals surface area (Å²) in [5.74, 6) is -1.82. The Hall–Kier alpha value is -1.14. The Morgan fingerprint density at radius 3 is 2.05 bits per heavy atom. The number of halogens is 5. The van der Waals surface area contributed by atoms with Gasteiger partial charge in [-0.2, -0.15) is 13.2 Å². The SMILES string of the molecule is CC.CC.CC(=O)c1sc2c(C(F)(F)F)c(F)ccc2c1Cl. The summed E-state index contributed by atoms with van der Waals surface area (Å²) in [4.78, 5) is 11.2. The van der Waals surface area contributed by atoms with Gasteiger partial charge in [0.15, 0.2) is 5.78 Å². The number of fused-ring (bicyclic) bond motifs is 1. The summed E-state index contributed by atoms with van der Waals surface area (Å²) in [5.41, 5.74) is -1.38. The summed E-state index contributed by atoms with van der Waals surface area (Å²) < 4.78 is 51.2. The zero-order chi connectivity index (χ0) is 17.7. The highest BCUT2D eigenvalue weighted by atomic mass is 35.5. The number of hydrogen-bond acceptors (Lipinski definition) is 2. The number of carbonyl (C=O) groups excluding carboxylic acids is 1. The van der Waals surface area contributed by atoms with Crippen molar-refractivity contribution >= 4 is 38.8 Å². The first-order chi connectivity index (χ1) is 10.2. The van der Waals surface area contributed by atoms with E-state index in [2.05, 4.69) is 0 Å². The molecular weight excluding hydrogens is 340 g/mol. The first kappa shape index (κ1) is 20.9. The van der Waals surface area contributed by atoms with Crippen molar-refractivity contribution in [2.75, 3.05) is 0 Å². The molecule has 0 bridgehead atoms. The maximum atomic E-state index is 13.3. The van der Waals surface area contributed by atoms with Gasteiger partial charge < -0.3 is 0 Å². The van der Waals surface area contributed by atoms with E-state index in [0.29, 0.717) is 17.4 Å². The minimum absolute atomic E-state index is 0.00256. The second-order valence-corrected chi connectivity index (χ2v) is 5.00. The lowest BCUT2D eigenvalue weighted by atomic mass is 10.1. The molecule has 0 aliphatic carbocycles. The fourth-order valence-electron chi connectivity index (χ4n) is 1.60. The van der Waals surface area contributed by atoms with Crippen LogP contribution in [0.3, 0.4) is 0 Å². The van der Waals surface area contributed by atoms with Crippen LogP contribution in [0.1, 0.15) is 49.9 Å². The molecule has 124 valence electrons. The molecule has 2 aromatic rings. The fourth-order valence-corrected chi connectivity index (χ4v) is 3.20. The molecule has 0 radical (unpaired) electrons. The van der Waals surface area contributed by atoms with Gasteiger partial charge in [-0.3, -0.25) is 4.79 Å². The highest BCUT2D eigenvalue weighted by Crippen LogP contribution is 2.44. The highest BCUT2D eigenvalue weighted by molar-refractivity contribution is 7.21. The van der Waals surface area contributed by atoms with E-state index in [-0.39, 0.29) is 20.0 Å². The molecule has 0 fully saturated rings. The third kappa shape index (κ3) is 4.20. The van der Waals surface area contributed by atoms with E-state index in [1.807, 2.05) is 27.7 Å². The number of thiophene rings is 1. The van der Waals surface area contributed by atoms with Crippen LogP contribution in [0.25, 0.3) is 10.1 Å². The Kier molecular flexibility index (Phi) is 8.04. The predicted octanol–water partition coefficient (Wildman–Crippen LogP) is 6.97. The minimum atomic E-state index is -4.83. The van der Waals surface area contributed by atoms with Crippen LogP contribution in [0.2, 0.25) is 5.02 Å². The van der Waals surface area contributed by atoms with Gasteiger partial charge in [0.25, 0.3) is 0 Å². The Labute approximate surface area is 135 Å². The number of carbonyl (C=O) groups is 1. The van der Waals surface area contributed by atoms with E-state index in [4.69, 9.17) is 11.6 Å². The van der Waals surface area contributed by atoms with Gasteiger partial charge in [0.2, 0.25) is 0 Å². The molecule has 0 saturated heterocycles. The summed E-state index contributed by atoms with van der Waals surface area (Å²) in [6.45, 7) is 9.19. The lowest BCUT2D eigenvalue weighted by Crippen LogP contribution is -2.07. The van der Waals surface area contributed by atoms with Crippen molar-refractivity contribution in [3.05, 3.63) is 33.4 Å². The second-order valence-electron chi connectivity index (χ2n) is 3.60. The molecule has 0 unspecified atom stereocenters. The average Bonchev–Trinajstić information content (AvgIpc) is 2.79. The molecule has 0 saturated carbocycles. The number of benzene rings is 1. The number of alkyl halides is 3. The molecule has 1 heterocycles. The monoisotopic (exact) mass is 356 g/mol. The van der Waals surface area contributed by atoms with Crippen molar-refractivity contribution in [3.8, 4) is 0 Å². The molecule has 0 atom stereocenters. The number of ketones is 1. The third-order valence-corrected chi connectivity index (χ3v) is 4.18. The molecule has 0 spiro atoms. The molecule has 1 aromatic heterocycles. The summed E-state index contributed by atoms with van der Waals surface area (Å²) in [6.07, 6.45) is -4.83. The van der Waals surface area contributed by atoms with Crippen LogP contribution < -0.4 is 0 Å². The summed E-state index contributed by atoms with van der Waals surface area (Å²) in [5, 5.41) is -0.0198. The van der Waals surface area contributed by atoms with E-state index in [1.165, 1.54) is 6.92 Å². The van der Waals surface area contributed by atoms with Gasteiger partial charge in [-0.1, -0.05) is 39.3 Å². The van der Waals surface area contributed by atoms with Crippen LogP contribution in [0.5, 0.6) is 0 Å². The van der Waals surface area contributed by atoms with Gasteiger partial charge >= 0.3 is 6.18 Å². The predicted molar refractivity (Wildman–Crippen MR) is 84.5 cm³/mol. The molecule has 1 aromatic carbocycles. The van der Waals surface area contributed by atoms with Crippen molar-refractivity contribution in [1.82, 2.24) is 0 Å². The first-order valence-corrected chi connectivity index (χ1v) is 7.91. The lowest BCUT2D eigenvalue weighted by Gasteiger charge is -2.08. The molecule has 0 N–H and O–H groups in total. The fraction of sp³-hybridized carbons (Fsp3) is 0.400. The zero-order valence-corrected chi connectivity index (χ0v) is 14.4. The van der Waals surface area contributed by atoms with Crippen LogP contribution in [0.4, 0.5) is 17.6 Å². The Bertz CT molecular complexity index is 647. The third-order valence-electron chi connectivity index (χ3n) is 2.35. The molecule has 0 amide bonds. The summed E-state index contributed by atoms with van der Waals surface area (Å²) in [6, 6.07) is 1.85. The van der Waals surface area contributed by atoms with Crippen LogP contribution in [0, 0.1) is 5.82 Å². The van der Waals surface area contributed by atoms with Gasteiger partial charge in [0.05, 0.1) is 14.6 Å². The number of hydrogen-bond donors (Lipinski definition) is 0. The maximum absolute atomic E-state index is 13.3. The minimum Gasteiger partial charge on any atom is -0.294 e. The topological polar surface area (TPSA) is 17.1 Å². The Balaban J connectivity index is 0.00000102. The van der Waals surface area contributed by atoms with Crippen molar-refractivity contribution in [2.45, 2.75) is 40.8 Å². The molecule has 7 heteroatoms. The second kappa shape index (κ2) is 8.48. The largest absolute Gasteiger partial charge is 0.420 e. The molecule has 2 rings (SSSR count). The van der Waals surface area contributed by atoms with E-state index in [9.17, 15) is 22.4 Å².